The van der Waals surface area contributed by atoms with E-state index in [0.717, 1.165) is 5.54 Å². The van der Waals surface area contributed by atoms with E-state index in [-0.39, 0.29) is 5.57 Å². The number of carboxylic acid groups (broad SMARTS) is 1. The predicted octanol–water partition coefficient (Wildman–Crippen LogP) is 2.88. The molecule has 0 aromatic rings. The van der Waals surface area contributed by atoms with E-state index >= 15 is 0 Å². The molecule has 96 valence electrons. The Labute approximate surface area is 104 Å². The Bertz CT molecular complexity index is 218. The van der Waals surface area contributed by atoms with Gasteiger partial charge in [0.1, 0.15) is 0 Å². The van der Waals surface area contributed by atoms with Crippen molar-refractivity contribution >= 4 is 16.2 Å². The standard InChI is InChI=1S/C9H22Si.C4H6O2/c1-8(2,3)7(10)9(4,5)6;1-3(2)4(5)6/h7H,1-6,10H3;1H2,2H3,(H,5,6). The van der Waals surface area contributed by atoms with Crippen LogP contribution in [0.25, 0.3) is 0 Å². The molecule has 0 saturated carbocycles. The lowest BCUT2D eigenvalue weighted by Gasteiger charge is -2.38. The van der Waals surface area contributed by atoms with Gasteiger partial charge in [-0.3, -0.25) is 0 Å². The zero-order chi connectivity index (χ0) is 13.7. The molecule has 0 heterocycles. The van der Waals surface area contributed by atoms with Crippen molar-refractivity contribution in [2.75, 3.05) is 0 Å². The van der Waals surface area contributed by atoms with Crippen LogP contribution in [0.4, 0.5) is 0 Å². The number of aliphatic carboxylic acids is 1. The van der Waals surface area contributed by atoms with Crippen LogP contribution in [0.5, 0.6) is 0 Å². The van der Waals surface area contributed by atoms with Crippen molar-refractivity contribution in [2.24, 2.45) is 10.8 Å². The SMILES string of the molecule is C=C(C)C(=O)O.CC(C)(C)C([SiH3])C(C)(C)C. The van der Waals surface area contributed by atoms with Gasteiger partial charge in [-0.15, -0.1) is 0 Å². The van der Waals surface area contributed by atoms with E-state index in [0.29, 0.717) is 10.8 Å². The van der Waals surface area contributed by atoms with Gasteiger partial charge in [-0.05, 0) is 23.3 Å². The van der Waals surface area contributed by atoms with Crippen molar-refractivity contribution in [3.8, 4) is 0 Å². The first-order valence-electron chi connectivity index (χ1n) is 5.69. The van der Waals surface area contributed by atoms with E-state index in [4.69, 9.17) is 5.11 Å². The Kier molecular flexibility index (Phi) is 6.94. The van der Waals surface area contributed by atoms with Crippen molar-refractivity contribution < 1.29 is 9.90 Å². The number of hydrogen-bond donors (Lipinski definition) is 1. The summed E-state index contributed by atoms with van der Waals surface area (Å²) < 4.78 is 0. The molecule has 0 bridgehead atoms. The maximum absolute atomic E-state index is 9.60. The highest BCUT2D eigenvalue weighted by Crippen LogP contribution is 2.42. The van der Waals surface area contributed by atoms with Gasteiger partial charge in [0.2, 0.25) is 0 Å². The Hall–Kier alpha value is -0.573. The van der Waals surface area contributed by atoms with Gasteiger partial charge in [-0.25, -0.2) is 4.79 Å². The maximum Gasteiger partial charge on any atom is 0.330 e. The highest BCUT2D eigenvalue weighted by atomic mass is 28.1. The van der Waals surface area contributed by atoms with Gasteiger partial charge in [0.15, 0.2) is 0 Å². The summed E-state index contributed by atoms with van der Waals surface area (Å²) in [6.45, 7) is 18.7. The van der Waals surface area contributed by atoms with Crippen molar-refractivity contribution in [1.29, 1.82) is 0 Å². The second-order valence-corrected chi connectivity index (χ2v) is 7.69. The molecular weight excluding hydrogens is 216 g/mol. The van der Waals surface area contributed by atoms with Crippen LogP contribution in [-0.2, 0) is 4.79 Å². The van der Waals surface area contributed by atoms with Crippen LogP contribution in [0.15, 0.2) is 12.2 Å². The van der Waals surface area contributed by atoms with Crippen LogP contribution in [0.2, 0.25) is 5.54 Å². The first-order valence-corrected chi connectivity index (χ1v) is 6.84. The minimum absolute atomic E-state index is 0.176. The van der Waals surface area contributed by atoms with Gasteiger partial charge in [0.05, 0.1) is 0 Å². The van der Waals surface area contributed by atoms with Gasteiger partial charge in [-0.2, -0.15) is 0 Å². The number of hydrogen-bond acceptors (Lipinski definition) is 1. The zero-order valence-electron chi connectivity index (χ0n) is 12.1. The molecule has 0 aliphatic carbocycles. The van der Waals surface area contributed by atoms with Crippen LogP contribution in [0.3, 0.4) is 0 Å². The topological polar surface area (TPSA) is 37.3 Å². The lowest BCUT2D eigenvalue weighted by atomic mass is 9.77. The quantitative estimate of drug-likeness (QED) is 0.569. The summed E-state index contributed by atoms with van der Waals surface area (Å²) in [6, 6.07) is 0. The molecule has 0 aromatic carbocycles. The fraction of sp³-hybridized carbons (Fsp3) is 0.769. The van der Waals surface area contributed by atoms with Crippen molar-refractivity contribution in [1.82, 2.24) is 0 Å². The molecule has 0 aliphatic rings. The lowest BCUT2D eigenvalue weighted by Crippen LogP contribution is -2.27. The fourth-order valence-electron chi connectivity index (χ4n) is 1.30. The molecule has 0 unspecified atom stereocenters. The number of carboxylic acids is 1. The molecule has 0 aromatic heterocycles. The summed E-state index contributed by atoms with van der Waals surface area (Å²) in [5, 5.41) is 7.89. The van der Waals surface area contributed by atoms with Gasteiger partial charge in [0.25, 0.3) is 0 Å². The van der Waals surface area contributed by atoms with E-state index in [1.165, 1.54) is 17.2 Å². The monoisotopic (exact) mass is 244 g/mol. The Morgan fingerprint density at radius 2 is 1.31 bits per heavy atom. The zero-order valence-corrected chi connectivity index (χ0v) is 14.1. The lowest BCUT2D eigenvalue weighted by molar-refractivity contribution is -0.132. The first kappa shape index (κ1) is 17.8. The van der Waals surface area contributed by atoms with Crippen LogP contribution < -0.4 is 0 Å². The molecule has 0 spiro atoms. The van der Waals surface area contributed by atoms with E-state index < -0.39 is 5.97 Å². The second kappa shape index (κ2) is 6.23. The van der Waals surface area contributed by atoms with Gasteiger partial charge < -0.3 is 5.11 Å². The molecular formula is C13H28O2Si. The largest absolute Gasteiger partial charge is 0.478 e. The van der Waals surface area contributed by atoms with Crippen molar-refractivity contribution in [2.45, 2.75) is 54.0 Å². The Morgan fingerprint density at radius 3 is 1.31 bits per heavy atom. The molecule has 0 amide bonds. The molecule has 0 saturated heterocycles. The van der Waals surface area contributed by atoms with Crippen LogP contribution in [-0.4, -0.2) is 21.3 Å². The van der Waals surface area contributed by atoms with Gasteiger partial charge in [-0.1, -0.05) is 48.1 Å². The highest BCUT2D eigenvalue weighted by Gasteiger charge is 2.30. The first-order chi connectivity index (χ1) is 6.80. The number of carbonyl (C=O) groups is 1. The molecule has 1 N–H and O–H groups in total. The molecule has 0 radical (unpaired) electrons. The highest BCUT2D eigenvalue weighted by molar-refractivity contribution is 6.12. The fourth-order valence-corrected chi connectivity index (χ4v) is 1.30. The summed E-state index contributed by atoms with van der Waals surface area (Å²) in [5.74, 6) is -0.935. The van der Waals surface area contributed by atoms with Crippen molar-refractivity contribution in [3.05, 3.63) is 12.2 Å². The second-order valence-electron chi connectivity index (χ2n) is 6.54. The maximum atomic E-state index is 9.60. The van der Waals surface area contributed by atoms with E-state index in [1.54, 1.807) is 0 Å². The summed E-state index contributed by atoms with van der Waals surface area (Å²) in [7, 11) is 1.31. The number of rotatable bonds is 1. The molecule has 0 rings (SSSR count). The summed E-state index contributed by atoms with van der Waals surface area (Å²) in [5.41, 5.74) is 2.09. The summed E-state index contributed by atoms with van der Waals surface area (Å²) in [6.07, 6.45) is 0. The minimum Gasteiger partial charge on any atom is -0.478 e. The molecule has 0 aliphatic heterocycles. The van der Waals surface area contributed by atoms with Gasteiger partial charge >= 0.3 is 5.97 Å². The third-order valence-corrected chi connectivity index (χ3v) is 6.43. The van der Waals surface area contributed by atoms with Crippen LogP contribution >= 0.6 is 0 Å². The van der Waals surface area contributed by atoms with Crippen LogP contribution in [0.1, 0.15) is 48.5 Å². The third-order valence-electron chi connectivity index (χ3n) is 2.96. The summed E-state index contributed by atoms with van der Waals surface area (Å²) >= 11 is 0. The molecule has 0 fully saturated rings. The third kappa shape index (κ3) is 8.71. The normalized spacial score (nSPS) is 12.0. The smallest absolute Gasteiger partial charge is 0.330 e. The summed E-state index contributed by atoms with van der Waals surface area (Å²) in [4.78, 5) is 9.60. The van der Waals surface area contributed by atoms with Crippen LogP contribution in [0, 0.1) is 10.8 Å². The molecule has 3 heteroatoms. The van der Waals surface area contributed by atoms with Gasteiger partial charge in [0, 0.05) is 15.8 Å². The predicted molar refractivity (Wildman–Crippen MR) is 75.0 cm³/mol. The average Bonchev–Trinajstić information content (AvgIpc) is 2.00. The Morgan fingerprint density at radius 1 is 1.12 bits per heavy atom. The Balaban J connectivity index is 0. The van der Waals surface area contributed by atoms with Crippen molar-refractivity contribution in [3.63, 3.8) is 0 Å². The van der Waals surface area contributed by atoms with E-state index in [1.807, 2.05) is 0 Å². The van der Waals surface area contributed by atoms with E-state index in [2.05, 4.69) is 48.1 Å². The molecule has 0 atom stereocenters. The molecule has 16 heavy (non-hydrogen) atoms. The van der Waals surface area contributed by atoms with E-state index in [9.17, 15) is 4.79 Å². The average molecular weight is 244 g/mol. The molecule has 2 nitrogen and oxygen atoms in total. The minimum atomic E-state index is -0.935.